The van der Waals surface area contributed by atoms with Crippen molar-refractivity contribution in [3.63, 3.8) is 0 Å². The van der Waals surface area contributed by atoms with E-state index in [9.17, 15) is 19.2 Å². The molecule has 1 saturated heterocycles. The van der Waals surface area contributed by atoms with Crippen molar-refractivity contribution in [1.29, 1.82) is 0 Å². The second-order valence-electron chi connectivity index (χ2n) is 10.1. The second kappa shape index (κ2) is 9.37. The van der Waals surface area contributed by atoms with Crippen molar-refractivity contribution in [3.05, 3.63) is 41.5 Å². The van der Waals surface area contributed by atoms with Crippen LogP contribution >= 0.6 is 0 Å². The van der Waals surface area contributed by atoms with Gasteiger partial charge in [-0.05, 0) is 36.9 Å². The number of benzene rings is 1. The van der Waals surface area contributed by atoms with Gasteiger partial charge in [-0.3, -0.25) is 24.1 Å². The first-order chi connectivity index (χ1) is 16.7. The maximum atomic E-state index is 14.0. The van der Waals surface area contributed by atoms with Crippen molar-refractivity contribution in [2.45, 2.75) is 63.7 Å². The lowest BCUT2D eigenvalue weighted by Gasteiger charge is -2.45. The normalized spacial score (nSPS) is 25.4. The van der Waals surface area contributed by atoms with E-state index in [4.69, 9.17) is 9.47 Å². The van der Waals surface area contributed by atoms with Crippen LogP contribution in [0.5, 0.6) is 0 Å². The number of hydrogen-bond acceptors (Lipinski definition) is 6. The molecule has 1 fully saturated rings. The third-order valence-corrected chi connectivity index (χ3v) is 15.3. The predicted molar refractivity (Wildman–Crippen MR) is 134 cm³/mol. The van der Waals surface area contributed by atoms with Gasteiger partial charge in [0.1, 0.15) is 0 Å². The molecule has 0 radical (unpaired) electrons. The van der Waals surface area contributed by atoms with E-state index < -0.39 is 37.3 Å². The molecule has 1 aromatic rings. The Balaban J connectivity index is 1.86. The summed E-state index contributed by atoms with van der Waals surface area (Å²) in [5.41, 5.74) is 1.07. The molecule has 0 saturated carbocycles. The Hall–Kier alpha value is -2.74. The quantitative estimate of drug-likeness (QED) is 0.181. The Morgan fingerprint density at radius 1 is 0.943 bits per heavy atom. The number of hydrogen-bond donors (Lipinski definition) is 0. The van der Waals surface area contributed by atoms with Gasteiger partial charge in [-0.1, -0.05) is 68.2 Å². The lowest BCUT2D eigenvalue weighted by molar-refractivity contribution is -0.168. The Bertz CT molecular complexity index is 1050. The predicted octanol–water partition coefficient (Wildman–Crippen LogP) is 4.50. The van der Waals surface area contributed by atoms with Crippen molar-refractivity contribution >= 4 is 37.5 Å². The van der Waals surface area contributed by atoms with Gasteiger partial charge < -0.3 is 9.47 Å². The molecule has 0 spiro atoms. The zero-order chi connectivity index (χ0) is 25.5. The van der Waals surface area contributed by atoms with Crippen molar-refractivity contribution in [3.8, 4) is 0 Å². The fourth-order valence-electron chi connectivity index (χ4n) is 7.10. The summed E-state index contributed by atoms with van der Waals surface area (Å²) >= 11 is 0. The van der Waals surface area contributed by atoms with E-state index in [1.54, 1.807) is 12.1 Å². The molecular weight excluding hydrogens is 462 g/mol. The number of fused-ring (bicyclic) bond motifs is 1. The standard InChI is InChI=1S/C27H35NO6Si/c1-6-35(7-2,8-3)22-20-16-27(25(31)33-4,26(32)34-5)15-17(20)14-19-21(22)24(30)28(23(19)29)18-12-10-9-11-13-18/h9-13,19,21-22H,6-8,14-16H2,1-5H3/t19-,21-,22+/m1/s1. The molecule has 0 unspecified atom stereocenters. The van der Waals surface area contributed by atoms with Crippen molar-refractivity contribution in [1.82, 2.24) is 0 Å². The third-order valence-electron chi connectivity index (χ3n) is 9.08. The van der Waals surface area contributed by atoms with Crippen molar-refractivity contribution in [2.75, 3.05) is 19.1 Å². The summed E-state index contributed by atoms with van der Waals surface area (Å²) in [4.78, 5) is 55.1. The number of para-hydroxylation sites is 1. The maximum absolute atomic E-state index is 14.0. The highest BCUT2D eigenvalue weighted by Gasteiger charge is 2.64. The SMILES string of the molecule is CC[Si](CC)(CC)[C@H]1C2=C(C[C@H]3C(=O)N(c4ccccc4)C(=O)[C@H]31)CC(C(=O)OC)(C(=O)OC)C2. The Morgan fingerprint density at radius 3 is 2.03 bits per heavy atom. The molecule has 1 aromatic carbocycles. The molecule has 2 amide bonds. The topological polar surface area (TPSA) is 90.0 Å². The Morgan fingerprint density at radius 2 is 1.51 bits per heavy atom. The summed E-state index contributed by atoms with van der Waals surface area (Å²) in [5, 5.41) is 0. The molecule has 0 aromatic heterocycles. The molecule has 188 valence electrons. The van der Waals surface area contributed by atoms with Crippen LogP contribution in [0.3, 0.4) is 0 Å². The van der Waals surface area contributed by atoms with Gasteiger partial charge >= 0.3 is 11.9 Å². The number of carbonyl (C=O) groups excluding carboxylic acids is 4. The second-order valence-corrected chi connectivity index (χ2v) is 15.6. The number of rotatable bonds is 7. The molecule has 0 bridgehead atoms. The zero-order valence-corrected chi connectivity index (χ0v) is 22.3. The van der Waals surface area contributed by atoms with E-state index in [1.807, 2.05) is 18.2 Å². The van der Waals surface area contributed by atoms with Gasteiger partial charge in [0.15, 0.2) is 5.41 Å². The molecule has 2 aliphatic carbocycles. The van der Waals surface area contributed by atoms with Gasteiger partial charge in [-0.25, -0.2) is 0 Å². The minimum absolute atomic E-state index is 0.0994. The van der Waals surface area contributed by atoms with E-state index in [2.05, 4.69) is 20.8 Å². The number of esters is 2. The van der Waals surface area contributed by atoms with Crippen LogP contribution in [0.25, 0.3) is 0 Å². The van der Waals surface area contributed by atoms with Crippen LogP contribution in [0.2, 0.25) is 23.7 Å². The number of methoxy groups -OCH3 is 2. The number of anilines is 1. The van der Waals surface area contributed by atoms with Gasteiger partial charge in [0.25, 0.3) is 0 Å². The molecule has 1 heterocycles. The number of carbonyl (C=O) groups is 4. The number of allylic oxidation sites excluding steroid dienone is 2. The molecule has 1 aliphatic heterocycles. The van der Waals surface area contributed by atoms with Crippen molar-refractivity contribution in [2.24, 2.45) is 17.3 Å². The molecule has 35 heavy (non-hydrogen) atoms. The minimum atomic E-state index is -2.10. The first kappa shape index (κ1) is 25.4. The van der Waals surface area contributed by atoms with Crippen LogP contribution in [-0.4, -0.2) is 46.0 Å². The fourth-order valence-corrected chi connectivity index (χ4v) is 12.1. The van der Waals surface area contributed by atoms with Crippen LogP contribution in [0.4, 0.5) is 5.69 Å². The lowest BCUT2D eigenvalue weighted by Crippen LogP contribution is -2.47. The zero-order valence-electron chi connectivity index (χ0n) is 21.3. The average molecular weight is 498 g/mol. The lowest BCUT2D eigenvalue weighted by atomic mass is 9.77. The third kappa shape index (κ3) is 3.60. The van der Waals surface area contributed by atoms with Gasteiger partial charge in [0, 0.05) is 0 Å². The molecule has 3 aliphatic rings. The minimum Gasteiger partial charge on any atom is -0.468 e. The summed E-state index contributed by atoms with van der Waals surface area (Å²) in [7, 11) is 0.460. The van der Waals surface area contributed by atoms with Crippen LogP contribution < -0.4 is 4.90 Å². The summed E-state index contributed by atoms with van der Waals surface area (Å²) in [6.45, 7) is 6.55. The number of ether oxygens (including phenoxy) is 2. The molecule has 0 N–H and O–H groups in total. The van der Waals surface area contributed by atoms with Crippen LogP contribution in [0.15, 0.2) is 41.5 Å². The maximum Gasteiger partial charge on any atom is 0.323 e. The molecule has 7 nitrogen and oxygen atoms in total. The van der Waals surface area contributed by atoms with E-state index in [0.717, 1.165) is 29.3 Å². The van der Waals surface area contributed by atoms with Crippen LogP contribution in [0, 0.1) is 17.3 Å². The van der Waals surface area contributed by atoms with E-state index >= 15 is 0 Å². The number of imide groups is 1. The highest BCUT2D eigenvalue weighted by Crippen LogP contribution is 2.62. The number of nitrogens with zero attached hydrogens (tertiary/aromatic N) is 1. The highest BCUT2D eigenvalue weighted by atomic mass is 28.3. The largest absolute Gasteiger partial charge is 0.468 e. The van der Waals surface area contributed by atoms with Crippen molar-refractivity contribution < 1.29 is 28.7 Å². The monoisotopic (exact) mass is 497 g/mol. The molecular formula is C27H35NO6Si. The van der Waals surface area contributed by atoms with E-state index in [-0.39, 0.29) is 30.2 Å². The van der Waals surface area contributed by atoms with Gasteiger partial charge in [-0.15, -0.1) is 0 Å². The molecule has 4 rings (SSSR count). The summed E-state index contributed by atoms with van der Waals surface area (Å²) in [6, 6.07) is 12.0. The van der Waals surface area contributed by atoms with Gasteiger partial charge in [0.2, 0.25) is 11.8 Å². The first-order valence-corrected chi connectivity index (χ1v) is 15.3. The highest BCUT2D eigenvalue weighted by molar-refractivity contribution is 6.82. The van der Waals surface area contributed by atoms with Gasteiger partial charge in [0.05, 0.1) is 39.8 Å². The van der Waals surface area contributed by atoms with Gasteiger partial charge in [-0.2, -0.15) is 0 Å². The summed E-state index contributed by atoms with van der Waals surface area (Å²) in [5.74, 6) is -2.48. The number of amides is 2. The average Bonchev–Trinajstić information content (AvgIpc) is 3.40. The van der Waals surface area contributed by atoms with Crippen LogP contribution in [0.1, 0.15) is 40.0 Å². The summed E-state index contributed by atoms with van der Waals surface area (Å²) < 4.78 is 10.2. The van der Waals surface area contributed by atoms with E-state index in [1.165, 1.54) is 19.1 Å². The van der Waals surface area contributed by atoms with E-state index in [0.29, 0.717) is 12.1 Å². The first-order valence-electron chi connectivity index (χ1n) is 12.6. The summed E-state index contributed by atoms with van der Waals surface area (Å²) in [6.07, 6.45) is 0.786. The van der Waals surface area contributed by atoms with Crippen LogP contribution in [-0.2, 0) is 28.7 Å². The Kier molecular flexibility index (Phi) is 6.79. The fraction of sp³-hybridized carbons (Fsp3) is 0.556. The smallest absolute Gasteiger partial charge is 0.323 e. The molecule has 3 atom stereocenters. The molecule has 8 heteroatoms. The Labute approximate surface area is 207 Å².